The number of rotatable bonds is 5. The molecule has 0 aliphatic heterocycles. The van der Waals surface area contributed by atoms with Gasteiger partial charge in [-0.15, -0.1) is 0 Å². The molecule has 0 aliphatic carbocycles. The van der Waals surface area contributed by atoms with Crippen molar-refractivity contribution in [1.82, 2.24) is 4.90 Å². The van der Waals surface area contributed by atoms with Gasteiger partial charge in [0.25, 0.3) is 0 Å². The van der Waals surface area contributed by atoms with Crippen molar-refractivity contribution in [3.63, 3.8) is 0 Å². The van der Waals surface area contributed by atoms with Crippen LogP contribution in [0.1, 0.15) is 32.4 Å². The third-order valence-corrected chi connectivity index (χ3v) is 3.26. The van der Waals surface area contributed by atoms with E-state index >= 15 is 0 Å². The molecule has 1 unspecified atom stereocenters. The van der Waals surface area contributed by atoms with Gasteiger partial charge in [-0.25, -0.2) is 4.39 Å². The molecular weight excluding hydrogens is 231 g/mol. The van der Waals surface area contributed by atoms with Gasteiger partial charge in [-0.1, -0.05) is 6.07 Å². The minimum Gasteiger partial charge on any atom is -0.491 e. The van der Waals surface area contributed by atoms with E-state index in [0.717, 1.165) is 0 Å². The third-order valence-electron chi connectivity index (χ3n) is 3.26. The first-order valence-corrected chi connectivity index (χ1v) is 6.10. The van der Waals surface area contributed by atoms with Crippen LogP contribution in [0.4, 0.5) is 4.39 Å². The maximum atomic E-state index is 13.7. The predicted octanol–water partition coefficient (Wildman–Crippen LogP) is 2.56. The van der Waals surface area contributed by atoms with E-state index in [9.17, 15) is 4.39 Å². The quantitative estimate of drug-likeness (QED) is 0.877. The number of benzene rings is 1. The van der Waals surface area contributed by atoms with Crippen molar-refractivity contribution in [3.05, 3.63) is 29.6 Å². The lowest BCUT2D eigenvalue weighted by Crippen LogP contribution is -2.43. The number of hydrogen-bond acceptors (Lipinski definition) is 3. The zero-order valence-corrected chi connectivity index (χ0v) is 11.8. The summed E-state index contributed by atoms with van der Waals surface area (Å²) in [5.74, 6) is 0.213. The van der Waals surface area contributed by atoms with Crippen molar-refractivity contribution in [2.75, 3.05) is 20.7 Å². The van der Waals surface area contributed by atoms with E-state index in [1.54, 1.807) is 19.1 Å². The molecule has 2 N–H and O–H groups in total. The van der Waals surface area contributed by atoms with E-state index in [-0.39, 0.29) is 17.4 Å². The molecule has 1 aromatic carbocycles. The first kappa shape index (κ1) is 14.9. The van der Waals surface area contributed by atoms with Crippen LogP contribution in [0.2, 0.25) is 0 Å². The monoisotopic (exact) mass is 254 g/mol. The minimum atomic E-state index is -0.385. The van der Waals surface area contributed by atoms with E-state index in [1.807, 2.05) is 14.1 Å². The second-order valence-electron chi connectivity index (χ2n) is 5.44. The fourth-order valence-corrected chi connectivity index (χ4v) is 1.47. The molecule has 1 aromatic rings. The van der Waals surface area contributed by atoms with E-state index in [1.165, 1.54) is 6.07 Å². The first-order chi connectivity index (χ1) is 8.25. The molecule has 0 saturated heterocycles. The maximum Gasteiger partial charge on any atom is 0.131 e. The Labute approximate surface area is 109 Å². The van der Waals surface area contributed by atoms with Crippen LogP contribution in [0.3, 0.4) is 0 Å². The Kier molecular flexibility index (Phi) is 4.71. The normalized spacial score (nSPS) is 13.8. The van der Waals surface area contributed by atoms with Crippen LogP contribution in [0.15, 0.2) is 18.2 Å². The molecule has 18 heavy (non-hydrogen) atoms. The first-order valence-electron chi connectivity index (χ1n) is 6.10. The topological polar surface area (TPSA) is 38.5 Å². The highest BCUT2D eigenvalue weighted by atomic mass is 19.1. The number of ether oxygens (including phenoxy) is 1. The van der Waals surface area contributed by atoms with Crippen LogP contribution in [0, 0.1) is 5.82 Å². The molecule has 0 saturated carbocycles. The Hall–Kier alpha value is -1.13. The number of nitrogens with zero attached hydrogens (tertiary/aromatic N) is 1. The summed E-state index contributed by atoms with van der Waals surface area (Å²) in [5, 5.41) is 0. The summed E-state index contributed by atoms with van der Waals surface area (Å²) in [7, 11) is 3.98. The van der Waals surface area contributed by atoms with Crippen molar-refractivity contribution in [2.24, 2.45) is 5.73 Å². The average Bonchev–Trinajstić information content (AvgIpc) is 2.25. The standard InChI is InChI=1S/C14H23FN2O/c1-10(16)13-11(15)7-6-8-12(13)18-9-14(2,3)17(4)5/h6-8,10H,9,16H2,1-5H3. The van der Waals surface area contributed by atoms with Crippen molar-refractivity contribution in [1.29, 1.82) is 0 Å². The molecule has 0 amide bonds. The van der Waals surface area contributed by atoms with Crippen molar-refractivity contribution in [3.8, 4) is 5.75 Å². The van der Waals surface area contributed by atoms with E-state index in [0.29, 0.717) is 17.9 Å². The zero-order valence-electron chi connectivity index (χ0n) is 11.8. The highest BCUT2D eigenvalue weighted by Crippen LogP contribution is 2.27. The summed E-state index contributed by atoms with van der Waals surface area (Å²) in [4.78, 5) is 2.07. The highest BCUT2D eigenvalue weighted by molar-refractivity contribution is 5.36. The average molecular weight is 254 g/mol. The van der Waals surface area contributed by atoms with Gasteiger partial charge >= 0.3 is 0 Å². The van der Waals surface area contributed by atoms with Gasteiger partial charge in [-0.2, -0.15) is 0 Å². The van der Waals surface area contributed by atoms with Crippen LogP contribution in [0.25, 0.3) is 0 Å². The molecule has 0 radical (unpaired) electrons. The molecule has 0 fully saturated rings. The Balaban J connectivity index is 2.89. The van der Waals surface area contributed by atoms with Gasteiger partial charge in [-0.05, 0) is 47.0 Å². The van der Waals surface area contributed by atoms with Crippen molar-refractivity contribution < 1.29 is 9.13 Å². The van der Waals surface area contributed by atoms with Gasteiger partial charge in [-0.3, -0.25) is 0 Å². The molecule has 0 aliphatic rings. The predicted molar refractivity (Wildman–Crippen MR) is 72.3 cm³/mol. The van der Waals surface area contributed by atoms with Gasteiger partial charge < -0.3 is 15.4 Å². The maximum absolute atomic E-state index is 13.7. The molecule has 0 aromatic heterocycles. The van der Waals surface area contributed by atoms with Gasteiger partial charge in [0.05, 0.1) is 0 Å². The van der Waals surface area contributed by atoms with Crippen LogP contribution in [-0.2, 0) is 0 Å². The van der Waals surface area contributed by atoms with Crippen LogP contribution in [0.5, 0.6) is 5.75 Å². The Bertz CT molecular complexity index is 403. The van der Waals surface area contributed by atoms with E-state index in [2.05, 4.69) is 18.7 Å². The Morgan fingerprint density at radius 2 is 2.00 bits per heavy atom. The molecule has 102 valence electrons. The third kappa shape index (κ3) is 3.43. The fraction of sp³-hybridized carbons (Fsp3) is 0.571. The number of hydrogen-bond donors (Lipinski definition) is 1. The molecule has 1 atom stereocenters. The highest BCUT2D eigenvalue weighted by Gasteiger charge is 2.23. The summed E-state index contributed by atoms with van der Waals surface area (Å²) in [6, 6.07) is 4.42. The van der Waals surface area contributed by atoms with Gasteiger partial charge in [0, 0.05) is 17.1 Å². The molecular formula is C14H23FN2O. The lowest BCUT2D eigenvalue weighted by atomic mass is 10.1. The van der Waals surface area contributed by atoms with Gasteiger partial charge in [0.15, 0.2) is 0 Å². The van der Waals surface area contributed by atoms with E-state index < -0.39 is 0 Å². The van der Waals surface area contributed by atoms with Crippen molar-refractivity contribution >= 4 is 0 Å². The second kappa shape index (κ2) is 5.67. The zero-order chi connectivity index (χ0) is 13.9. The lowest BCUT2D eigenvalue weighted by molar-refractivity contribution is 0.113. The van der Waals surface area contributed by atoms with Gasteiger partial charge in [0.2, 0.25) is 0 Å². The molecule has 0 bridgehead atoms. The number of halogens is 1. The molecule has 0 spiro atoms. The minimum absolute atomic E-state index is 0.124. The Morgan fingerprint density at radius 1 is 1.39 bits per heavy atom. The molecule has 4 heteroatoms. The molecule has 1 rings (SSSR count). The summed E-state index contributed by atoms with van der Waals surface area (Å²) >= 11 is 0. The van der Waals surface area contributed by atoms with E-state index in [4.69, 9.17) is 10.5 Å². The SMILES string of the molecule is CC(N)c1c(F)cccc1OCC(C)(C)N(C)C. The largest absolute Gasteiger partial charge is 0.491 e. The molecule has 0 heterocycles. The van der Waals surface area contributed by atoms with Crippen LogP contribution < -0.4 is 10.5 Å². The van der Waals surface area contributed by atoms with Crippen molar-refractivity contribution in [2.45, 2.75) is 32.4 Å². The summed E-state index contributed by atoms with van der Waals surface area (Å²) in [6.07, 6.45) is 0. The lowest BCUT2D eigenvalue weighted by Gasteiger charge is -2.32. The number of nitrogens with two attached hydrogens (primary N) is 1. The summed E-state index contributed by atoms with van der Waals surface area (Å²) in [5.41, 5.74) is 6.10. The van der Waals surface area contributed by atoms with Crippen LogP contribution >= 0.6 is 0 Å². The fourth-order valence-electron chi connectivity index (χ4n) is 1.47. The van der Waals surface area contributed by atoms with Gasteiger partial charge in [0.1, 0.15) is 18.2 Å². The summed E-state index contributed by atoms with van der Waals surface area (Å²) in [6.45, 7) is 6.36. The number of likely N-dealkylation sites (N-methyl/N-ethyl adjacent to an activating group) is 1. The Morgan fingerprint density at radius 3 is 2.50 bits per heavy atom. The van der Waals surface area contributed by atoms with Crippen LogP contribution in [-0.4, -0.2) is 31.1 Å². The summed E-state index contributed by atoms with van der Waals surface area (Å²) < 4.78 is 19.5. The smallest absolute Gasteiger partial charge is 0.131 e. The second-order valence-corrected chi connectivity index (χ2v) is 5.44. The molecule has 3 nitrogen and oxygen atoms in total.